The van der Waals surface area contributed by atoms with Crippen LogP contribution in [0.2, 0.25) is 0 Å². The molecule has 0 unspecified atom stereocenters. The van der Waals surface area contributed by atoms with Gasteiger partial charge in [-0.1, -0.05) is 24.3 Å². The van der Waals surface area contributed by atoms with Gasteiger partial charge in [0.15, 0.2) is 0 Å². The van der Waals surface area contributed by atoms with Crippen molar-refractivity contribution in [2.75, 3.05) is 10.6 Å². The van der Waals surface area contributed by atoms with E-state index in [1.54, 1.807) is 18.3 Å². The molecule has 110 valence electrons. The number of anilines is 3. The maximum Gasteiger partial charge on any atom is 0.266 e. The second-order valence-corrected chi connectivity index (χ2v) is 5.75. The van der Waals surface area contributed by atoms with Crippen LogP contribution in [0.5, 0.6) is 0 Å². The van der Waals surface area contributed by atoms with E-state index in [-0.39, 0.29) is 5.91 Å². The van der Waals surface area contributed by atoms with Crippen molar-refractivity contribution in [1.29, 1.82) is 0 Å². The highest BCUT2D eigenvalue weighted by atomic mass is 32.1. The highest BCUT2D eigenvalue weighted by Crippen LogP contribution is 2.20. The molecule has 0 radical (unpaired) electrons. The van der Waals surface area contributed by atoms with Gasteiger partial charge in [-0.05, 0) is 42.1 Å². The van der Waals surface area contributed by atoms with Crippen LogP contribution in [0.1, 0.15) is 15.2 Å². The highest BCUT2D eigenvalue weighted by molar-refractivity contribution is 7.12. The monoisotopic (exact) mass is 309 g/mol. The minimum Gasteiger partial charge on any atom is -0.354 e. The zero-order valence-electron chi connectivity index (χ0n) is 12.0. The quantitative estimate of drug-likeness (QED) is 0.748. The number of rotatable bonds is 4. The van der Waals surface area contributed by atoms with Crippen LogP contribution < -0.4 is 10.6 Å². The number of hydrogen-bond donors (Lipinski definition) is 2. The lowest BCUT2D eigenvalue weighted by Gasteiger charge is -2.09. The molecule has 0 aliphatic rings. The van der Waals surface area contributed by atoms with E-state index in [0.717, 1.165) is 16.9 Å². The van der Waals surface area contributed by atoms with Gasteiger partial charge in [0.2, 0.25) is 0 Å². The van der Waals surface area contributed by atoms with Gasteiger partial charge >= 0.3 is 0 Å². The fourth-order valence-corrected chi connectivity index (χ4v) is 2.62. The lowest BCUT2D eigenvalue weighted by atomic mass is 10.2. The fourth-order valence-electron chi connectivity index (χ4n) is 2.00. The normalized spacial score (nSPS) is 10.2. The number of thiophene rings is 1. The summed E-state index contributed by atoms with van der Waals surface area (Å²) in [5.74, 6) is 0.399. The van der Waals surface area contributed by atoms with Crippen LogP contribution in [0.15, 0.2) is 60.1 Å². The average Bonchev–Trinajstić information content (AvgIpc) is 3.06. The van der Waals surface area contributed by atoms with Crippen molar-refractivity contribution < 1.29 is 4.79 Å². The second kappa shape index (κ2) is 6.41. The number of carbonyl (C=O) groups excluding carboxylic acids is 1. The number of pyridine rings is 1. The smallest absolute Gasteiger partial charge is 0.266 e. The summed E-state index contributed by atoms with van der Waals surface area (Å²) < 4.78 is 0. The van der Waals surface area contributed by atoms with Crippen molar-refractivity contribution in [3.63, 3.8) is 0 Å². The highest BCUT2D eigenvalue weighted by Gasteiger charge is 2.07. The van der Waals surface area contributed by atoms with E-state index in [4.69, 9.17) is 0 Å². The minimum absolute atomic E-state index is 0.137. The van der Waals surface area contributed by atoms with Crippen molar-refractivity contribution in [2.45, 2.75) is 6.92 Å². The first-order valence-corrected chi connectivity index (χ1v) is 7.74. The molecule has 0 saturated carbocycles. The summed E-state index contributed by atoms with van der Waals surface area (Å²) in [5.41, 5.74) is 3.08. The van der Waals surface area contributed by atoms with Crippen LogP contribution in [0.4, 0.5) is 17.2 Å². The van der Waals surface area contributed by atoms with Gasteiger partial charge in [0, 0.05) is 5.69 Å². The fraction of sp³-hybridized carbons (Fsp3) is 0.0588. The van der Waals surface area contributed by atoms with Gasteiger partial charge in [-0.25, -0.2) is 4.98 Å². The van der Waals surface area contributed by atoms with Crippen LogP contribution in [-0.4, -0.2) is 10.9 Å². The minimum atomic E-state index is -0.137. The Bertz CT molecular complexity index is 767. The van der Waals surface area contributed by atoms with Gasteiger partial charge < -0.3 is 10.6 Å². The number of benzene rings is 1. The van der Waals surface area contributed by atoms with Crippen LogP contribution >= 0.6 is 11.3 Å². The van der Waals surface area contributed by atoms with E-state index in [1.165, 1.54) is 11.3 Å². The summed E-state index contributed by atoms with van der Waals surface area (Å²) in [4.78, 5) is 16.9. The SMILES string of the molecule is Cc1ccccc1Nc1ccc(NC(=O)c2cccs2)nc1. The Kier molecular flexibility index (Phi) is 4.16. The van der Waals surface area contributed by atoms with E-state index in [9.17, 15) is 4.79 Å². The van der Waals surface area contributed by atoms with Gasteiger partial charge in [0.05, 0.1) is 16.8 Å². The summed E-state index contributed by atoms with van der Waals surface area (Å²) in [5, 5.41) is 7.96. The molecule has 0 spiro atoms. The number of aromatic nitrogens is 1. The van der Waals surface area contributed by atoms with E-state index < -0.39 is 0 Å². The van der Waals surface area contributed by atoms with E-state index in [2.05, 4.69) is 15.6 Å². The van der Waals surface area contributed by atoms with Crippen LogP contribution in [0, 0.1) is 6.92 Å². The number of nitrogens with one attached hydrogen (secondary N) is 2. The molecule has 0 aliphatic carbocycles. The van der Waals surface area contributed by atoms with Gasteiger partial charge in [0.1, 0.15) is 5.82 Å². The maximum atomic E-state index is 11.9. The average molecular weight is 309 g/mol. The Labute approximate surface area is 132 Å². The Morgan fingerprint density at radius 1 is 1.09 bits per heavy atom. The van der Waals surface area contributed by atoms with Gasteiger partial charge in [-0.3, -0.25) is 4.79 Å². The molecule has 1 amide bonds. The molecule has 2 aromatic heterocycles. The Hall–Kier alpha value is -2.66. The van der Waals surface area contributed by atoms with E-state index in [1.807, 2.05) is 48.7 Å². The van der Waals surface area contributed by atoms with Crippen LogP contribution in [0.3, 0.4) is 0 Å². The summed E-state index contributed by atoms with van der Waals surface area (Å²) in [6, 6.07) is 15.4. The first-order valence-electron chi connectivity index (χ1n) is 6.86. The molecule has 0 bridgehead atoms. The molecule has 0 atom stereocenters. The molecular weight excluding hydrogens is 294 g/mol. The Morgan fingerprint density at radius 3 is 2.64 bits per heavy atom. The van der Waals surface area contributed by atoms with Crippen molar-refractivity contribution in [2.24, 2.45) is 0 Å². The number of amides is 1. The third-order valence-electron chi connectivity index (χ3n) is 3.17. The molecule has 22 heavy (non-hydrogen) atoms. The first-order chi connectivity index (χ1) is 10.7. The summed E-state index contributed by atoms with van der Waals surface area (Å²) in [6.45, 7) is 2.05. The van der Waals surface area contributed by atoms with E-state index in [0.29, 0.717) is 10.7 Å². The van der Waals surface area contributed by atoms with E-state index >= 15 is 0 Å². The molecule has 5 heteroatoms. The first kappa shape index (κ1) is 14.3. The van der Waals surface area contributed by atoms with Crippen molar-refractivity contribution in [3.05, 3.63) is 70.5 Å². The standard InChI is InChI=1S/C17H15N3OS/c1-12-5-2-3-6-14(12)19-13-8-9-16(18-11-13)20-17(21)15-7-4-10-22-15/h2-11,19H,1H3,(H,18,20,21). The molecule has 2 heterocycles. The van der Waals surface area contributed by atoms with Gasteiger partial charge in [-0.2, -0.15) is 0 Å². The molecule has 4 nitrogen and oxygen atoms in total. The van der Waals surface area contributed by atoms with Crippen LogP contribution in [0.25, 0.3) is 0 Å². The largest absolute Gasteiger partial charge is 0.354 e. The van der Waals surface area contributed by atoms with Crippen molar-refractivity contribution >= 4 is 34.4 Å². The molecule has 3 aromatic rings. The third kappa shape index (κ3) is 3.32. The lowest BCUT2D eigenvalue weighted by Crippen LogP contribution is -2.11. The van der Waals surface area contributed by atoms with Gasteiger partial charge in [-0.15, -0.1) is 11.3 Å². The number of nitrogens with zero attached hydrogens (tertiary/aromatic N) is 1. The maximum absolute atomic E-state index is 11.9. The molecule has 0 aliphatic heterocycles. The zero-order valence-corrected chi connectivity index (χ0v) is 12.9. The molecule has 1 aromatic carbocycles. The van der Waals surface area contributed by atoms with Crippen molar-refractivity contribution in [3.8, 4) is 0 Å². The summed E-state index contributed by atoms with van der Waals surface area (Å²) in [7, 11) is 0. The van der Waals surface area contributed by atoms with Crippen LogP contribution in [-0.2, 0) is 0 Å². The Balaban J connectivity index is 1.68. The Morgan fingerprint density at radius 2 is 1.95 bits per heavy atom. The van der Waals surface area contributed by atoms with Crippen molar-refractivity contribution in [1.82, 2.24) is 4.98 Å². The van der Waals surface area contributed by atoms with Gasteiger partial charge in [0.25, 0.3) is 5.91 Å². The number of aryl methyl sites for hydroxylation is 1. The molecule has 0 saturated heterocycles. The summed E-state index contributed by atoms with van der Waals surface area (Å²) >= 11 is 1.40. The molecule has 2 N–H and O–H groups in total. The number of para-hydroxylation sites is 1. The summed E-state index contributed by atoms with van der Waals surface area (Å²) in [6.07, 6.45) is 1.70. The predicted octanol–water partition coefficient (Wildman–Crippen LogP) is 4.45. The third-order valence-corrected chi connectivity index (χ3v) is 4.04. The zero-order chi connectivity index (χ0) is 15.4. The number of hydrogen-bond acceptors (Lipinski definition) is 4. The topological polar surface area (TPSA) is 54.0 Å². The predicted molar refractivity (Wildman–Crippen MR) is 91.0 cm³/mol. The molecule has 3 rings (SSSR count). The second-order valence-electron chi connectivity index (χ2n) is 4.80. The molecular formula is C17H15N3OS. The lowest BCUT2D eigenvalue weighted by molar-refractivity contribution is 0.103. The number of carbonyl (C=O) groups is 1. The molecule has 0 fully saturated rings.